The van der Waals surface area contributed by atoms with Crippen molar-refractivity contribution in [3.8, 4) is 0 Å². The minimum Gasteiger partial charge on any atom is -0.392 e. The molecule has 132 valence electrons. The topological polar surface area (TPSA) is 87.0 Å². The zero-order chi connectivity index (χ0) is 17.1. The third kappa shape index (κ3) is 1.32. The van der Waals surface area contributed by atoms with E-state index in [0.717, 1.165) is 18.4 Å². The van der Waals surface area contributed by atoms with Crippen LogP contribution in [0.15, 0.2) is 11.6 Å². The van der Waals surface area contributed by atoms with Crippen LogP contribution in [0.5, 0.6) is 0 Å². The number of carbonyl (C=O) groups excluding carboxylic acids is 1. The maximum Gasteiger partial charge on any atom is 0.209 e. The van der Waals surface area contributed by atoms with Crippen LogP contribution >= 0.6 is 0 Å². The molecule has 0 aromatic carbocycles. The Bertz CT molecular complexity index is 669. The highest BCUT2D eigenvalue weighted by molar-refractivity contribution is 5.93. The zero-order valence-electron chi connectivity index (χ0n) is 14.3. The second-order valence-corrected chi connectivity index (χ2v) is 9.45. The van der Waals surface area contributed by atoms with Crippen molar-refractivity contribution in [3.05, 3.63) is 11.6 Å². The molecule has 0 radical (unpaired) electrons. The minimum absolute atomic E-state index is 0.0223. The average Bonchev–Trinajstić information content (AvgIpc) is 2.77. The average molecular weight is 334 g/mol. The van der Waals surface area contributed by atoms with Gasteiger partial charge in [0.05, 0.1) is 12.7 Å². The van der Waals surface area contributed by atoms with Gasteiger partial charge in [0, 0.05) is 17.8 Å². The smallest absolute Gasteiger partial charge is 0.209 e. The molecule has 2 spiro atoms. The summed E-state index contributed by atoms with van der Waals surface area (Å²) in [5.74, 6) is -1.98. The molecule has 0 aromatic rings. The second kappa shape index (κ2) is 4.14. The Morgan fingerprint density at radius 3 is 2.79 bits per heavy atom. The van der Waals surface area contributed by atoms with Crippen molar-refractivity contribution in [2.75, 3.05) is 6.61 Å². The number of allylic oxidation sites excluding steroid dienone is 1. The first-order chi connectivity index (χ1) is 11.2. The summed E-state index contributed by atoms with van der Waals surface area (Å²) in [6.07, 6.45) is 3.48. The highest BCUT2D eigenvalue weighted by Crippen LogP contribution is 2.74. The van der Waals surface area contributed by atoms with Crippen LogP contribution in [0.25, 0.3) is 0 Å². The van der Waals surface area contributed by atoms with E-state index in [1.54, 1.807) is 0 Å². The first-order valence-electron chi connectivity index (χ1n) is 9.17. The lowest BCUT2D eigenvalue weighted by Crippen LogP contribution is -2.80. The number of carbonyl (C=O) groups is 1. The molecule has 6 aliphatic rings. The molecule has 24 heavy (non-hydrogen) atoms. The van der Waals surface area contributed by atoms with Gasteiger partial charge < -0.3 is 20.1 Å². The molecular weight excluding hydrogens is 308 g/mol. The number of hydrogen-bond acceptors (Lipinski definition) is 5. The van der Waals surface area contributed by atoms with E-state index in [4.69, 9.17) is 4.74 Å². The molecule has 5 nitrogen and oxygen atoms in total. The van der Waals surface area contributed by atoms with Gasteiger partial charge >= 0.3 is 0 Å². The summed E-state index contributed by atoms with van der Waals surface area (Å²) in [5, 5.41) is 33.7. The zero-order valence-corrected chi connectivity index (χ0v) is 14.3. The van der Waals surface area contributed by atoms with Gasteiger partial charge in [-0.15, -0.1) is 0 Å². The Labute approximate surface area is 141 Å². The molecule has 6 rings (SSSR count). The summed E-state index contributed by atoms with van der Waals surface area (Å²) in [5.41, 5.74) is -1.27. The number of ketones is 1. The monoisotopic (exact) mass is 334 g/mol. The molecule has 7 atom stereocenters. The van der Waals surface area contributed by atoms with Crippen LogP contribution in [0.3, 0.4) is 0 Å². The van der Waals surface area contributed by atoms with Gasteiger partial charge in [-0.3, -0.25) is 4.79 Å². The molecule has 1 unspecified atom stereocenters. The summed E-state index contributed by atoms with van der Waals surface area (Å²) in [7, 11) is 0. The van der Waals surface area contributed by atoms with E-state index in [0.29, 0.717) is 19.3 Å². The fraction of sp³-hybridized carbons (Fsp3) is 0.842. The first kappa shape index (κ1) is 15.5. The van der Waals surface area contributed by atoms with Gasteiger partial charge in [0.2, 0.25) is 5.79 Å². The lowest BCUT2D eigenvalue weighted by atomic mass is 9.39. The normalized spacial score (nSPS) is 57.4. The molecular formula is C19H26O5. The quantitative estimate of drug-likeness (QED) is 0.579. The van der Waals surface area contributed by atoms with Crippen LogP contribution in [0.1, 0.15) is 46.0 Å². The van der Waals surface area contributed by atoms with E-state index < -0.39 is 28.8 Å². The third-order valence-electron chi connectivity index (χ3n) is 8.07. The molecule has 5 heteroatoms. The molecule has 0 aromatic heterocycles. The van der Waals surface area contributed by atoms with Gasteiger partial charge in [0.15, 0.2) is 0 Å². The van der Waals surface area contributed by atoms with Crippen molar-refractivity contribution in [2.45, 2.75) is 63.9 Å². The molecule has 5 fully saturated rings. The summed E-state index contributed by atoms with van der Waals surface area (Å²) in [4.78, 5) is 13.0. The predicted octanol–water partition coefficient (Wildman–Crippen LogP) is 1.16. The van der Waals surface area contributed by atoms with Gasteiger partial charge in [-0.25, -0.2) is 0 Å². The second-order valence-electron chi connectivity index (χ2n) is 9.45. The number of hydrogen-bond donors (Lipinski definition) is 3. The Kier molecular flexibility index (Phi) is 2.68. The highest BCUT2D eigenvalue weighted by Gasteiger charge is 2.81. The first-order valence-corrected chi connectivity index (χ1v) is 9.17. The number of Topliss-reactive ketones (excluding diaryl/α,β-unsaturated/α-hetero) is 1. The lowest BCUT2D eigenvalue weighted by molar-refractivity contribution is -0.403. The predicted molar refractivity (Wildman–Crippen MR) is 84.7 cm³/mol. The molecule has 2 saturated heterocycles. The number of rotatable bonds is 0. The Morgan fingerprint density at radius 1 is 1.29 bits per heavy atom. The van der Waals surface area contributed by atoms with Gasteiger partial charge in [-0.1, -0.05) is 19.9 Å². The maximum atomic E-state index is 13.0. The van der Waals surface area contributed by atoms with Crippen molar-refractivity contribution in [1.29, 1.82) is 0 Å². The van der Waals surface area contributed by atoms with Crippen LogP contribution in [-0.4, -0.2) is 45.7 Å². The fourth-order valence-corrected chi connectivity index (χ4v) is 7.13. The van der Waals surface area contributed by atoms with Crippen molar-refractivity contribution in [3.63, 3.8) is 0 Å². The van der Waals surface area contributed by atoms with Crippen LogP contribution < -0.4 is 0 Å². The molecule has 0 amide bonds. The van der Waals surface area contributed by atoms with Gasteiger partial charge in [-0.05, 0) is 42.6 Å². The third-order valence-corrected chi connectivity index (χ3v) is 8.07. The van der Waals surface area contributed by atoms with Crippen molar-refractivity contribution in [1.82, 2.24) is 0 Å². The van der Waals surface area contributed by atoms with Crippen LogP contribution in [0, 0.1) is 28.1 Å². The number of fused-ring (bicyclic) bond motifs is 2. The molecule has 3 N–H and O–H groups in total. The van der Waals surface area contributed by atoms with E-state index in [-0.39, 0.29) is 29.6 Å². The lowest BCUT2D eigenvalue weighted by Gasteiger charge is -2.71. The van der Waals surface area contributed by atoms with E-state index >= 15 is 0 Å². The SMILES string of the molecule is CC1(C)CC[C@H](O)[C@]23CO[C@@](O)([C@@H](O)[C@H]12)[C@@]12CC(CC=C31)CC2=O. The highest BCUT2D eigenvalue weighted by atomic mass is 16.6. The Hall–Kier alpha value is -0.750. The molecule has 3 saturated carbocycles. The summed E-state index contributed by atoms with van der Waals surface area (Å²) in [6, 6.07) is 0. The number of ether oxygens (including phenoxy) is 1. The Morgan fingerprint density at radius 2 is 2.04 bits per heavy atom. The van der Waals surface area contributed by atoms with Crippen LogP contribution in [0.2, 0.25) is 0 Å². The van der Waals surface area contributed by atoms with Crippen molar-refractivity contribution in [2.24, 2.45) is 28.1 Å². The molecule has 2 heterocycles. The van der Waals surface area contributed by atoms with E-state index in [9.17, 15) is 20.1 Å². The molecule has 4 bridgehead atoms. The van der Waals surface area contributed by atoms with Crippen LogP contribution in [0.4, 0.5) is 0 Å². The molecule has 2 aliphatic heterocycles. The van der Waals surface area contributed by atoms with Gasteiger partial charge in [0.1, 0.15) is 17.3 Å². The summed E-state index contributed by atoms with van der Waals surface area (Å²) >= 11 is 0. The van der Waals surface area contributed by atoms with E-state index in [2.05, 4.69) is 19.9 Å². The fourth-order valence-electron chi connectivity index (χ4n) is 7.13. The maximum absolute atomic E-state index is 13.0. The van der Waals surface area contributed by atoms with E-state index in [1.165, 1.54) is 0 Å². The summed E-state index contributed by atoms with van der Waals surface area (Å²) < 4.78 is 5.85. The standard InChI is InChI=1S/C19H26O5/c1-16(2)6-5-12(20)17-9-24-19(23,15(22)14(16)17)18-8-10(7-13(18)21)3-4-11(17)18/h4,10,12,14-15,20,22-23H,3,5-9H2,1-2H3/t10?,12-,14+,15-,17+,18-,19-/m0/s1. The summed E-state index contributed by atoms with van der Waals surface area (Å²) in [6.45, 7) is 4.36. The number of aliphatic hydroxyl groups excluding tert-OH is 2. The van der Waals surface area contributed by atoms with E-state index in [1.807, 2.05) is 0 Å². The van der Waals surface area contributed by atoms with Crippen molar-refractivity contribution < 1.29 is 24.9 Å². The van der Waals surface area contributed by atoms with Crippen LogP contribution in [-0.2, 0) is 9.53 Å². The molecule has 4 aliphatic carbocycles. The minimum atomic E-state index is -1.86. The number of aliphatic hydroxyl groups is 3. The van der Waals surface area contributed by atoms with Crippen molar-refractivity contribution >= 4 is 5.78 Å². The Balaban J connectivity index is 1.82. The largest absolute Gasteiger partial charge is 0.392 e. The van der Waals surface area contributed by atoms with Gasteiger partial charge in [0.25, 0.3) is 0 Å². The van der Waals surface area contributed by atoms with Gasteiger partial charge in [-0.2, -0.15) is 0 Å².